The molecule has 0 aliphatic carbocycles. The predicted octanol–water partition coefficient (Wildman–Crippen LogP) is 2.38. The molecule has 0 atom stereocenters. The highest BCUT2D eigenvalue weighted by Gasteiger charge is 2.38. The second-order valence-corrected chi connectivity index (χ2v) is 9.89. The zero-order valence-electron chi connectivity index (χ0n) is 19.2. The van der Waals surface area contributed by atoms with E-state index in [-0.39, 0.29) is 18.2 Å². The van der Waals surface area contributed by atoms with Crippen LogP contribution in [0.5, 0.6) is 0 Å². The first-order valence-electron chi connectivity index (χ1n) is 11.0. The maximum absolute atomic E-state index is 13.2. The molecule has 3 rings (SSSR count). The van der Waals surface area contributed by atoms with Crippen molar-refractivity contribution in [1.29, 1.82) is 0 Å². The number of piperazine rings is 1. The summed E-state index contributed by atoms with van der Waals surface area (Å²) in [5.41, 5.74) is 1.41. The number of carboxylic acid groups (broad SMARTS) is 1. The Labute approximate surface area is 206 Å². The number of carbonyl (C=O) groups excluding carboxylic acids is 1. The van der Waals surface area contributed by atoms with Gasteiger partial charge in [0.1, 0.15) is 5.82 Å². The number of halogens is 4. The monoisotopic (exact) mass is 533 g/mol. The molecule has 198 valence electrons. The van der Waals surface area contributed by atoms with Gasteiger partial charge in [-0.15, -0.1) is 0 Å². The van der Waals surface area contributed by atoms with Gasteiger partial charge < -0.3 is 15.3 Å². The van der Waals surface area contributed by atoms with Gasteiger partial charge in [-0.05, 0) is 36.2 Å². The topological polar surface area (TPSA) is 107 Å². The van der Waals surface area contributed by atoms with E-state index in [1.165, 1.54) is 28.6 Å². The number of alkyl halides is 3. The number of hydrogen-bond acceptors (Lipinski definition) is 5. The number of amides is 1. The van der Waals surface area contributed by atoms with Crippen LogP contribution in [-0.2, 0) is 21.2 Å². The highest BCUT2D eigenvalue weighted by atomic mass is 32.2. The van der Waals surface area contributed by atoms with E-state index in [1.807, 2.05) is 30.3 Å². The molecule has 1 heterocycles. The van der Waals surface area contributed by atoms with Gasteiger partial charge in [0.25, 0.3) is 5.91 Å². The fourth-order valence-corrected chi connectivity index (χ4v) is 4.72. The number of nitrogens with one attached hydrogen (secondary N) is 1. The van der Waals surface area contributed by atoms with E-state index in [0.717, 1.165) is 5.56 Å². The Bertz CT molecular complexity index is 1090. The van der Waals surface area contributed by atoms with Crippen molar-refractivity contribution < 1.29 is 40.7 Å². The van der Waals surface area contributed by atoms with Crippen LogP contribution >= 0.6 is 0 Å². The molecule has 36 heavy (non-hydrogen) atoms. The van der Waals surface area contributed by atoms with Gasteiger partial charge in [0.15, 0.2) is 0 Å². The van der Waals surface area contributed by atoms with Crippen LogP contribution in [0, 0.1) is 5.82 Å². The molecule has 1 saturated heterocycles. The first-order chi connectivity index (χ1) is 16.9. The van der Waals surface area contributed by atoms with Crippen molar-refractivity contribution in [2.45, 2.75) is 12.6 Å². The van der Waals surface area contributed by atoms with Gasteiger partial charge in [-0.1, -0.05) is 30.3 Å². The number of benzene rings is 2. The summed E-state index contributed by atoms with van der Waals surface area (Å²) in [6.45, 7) is 2.63. The molecule has 0 spiro atoms. The van der Waals surface area contributed by atoms with E-state index in [0.29, 0.717) is 44.7 Å². The average Bonchev–Trinajstić information content (AvgIpc) is 2.85. The predicted molar refractivity (Wildman–Crippen MR) is 124 cm³/mol. The van der Waals surface area contributed by atoms with Gasteiger partial charge >= 0.3 is 12.1 Å². The highest BCUT2D eigenvalue weighted by molar-refractivity contribution is 7.89. The molecule has 2 N–H and O–H groups in total. The summed E-state index contributed by atoms with van der Waals surface area (Å²) in [6, 6.07) is 15.0. The Balaban J connectivity index is 0.000000572. The number of aliphatic carboxylic acids is 1. The number of carboxylic acids is 1. The van der Waals surface area contributed by atoms with Crippen molar-refractivity contribution >= 4 is 21.9 Å². The Hall–Kier alpha value is -3.03. The summed E-state index contributed by atoms with van der Waals surface area (Å²) in [5.74, 6) is -3.60. The summed E-state index contributed by atoms with van der Waals surface area (Å²) in [7, 11) is -3.44. The SMILES string of the molecule is O=C(O)C(F)(F)F.O=C(c1ccc(F)cc1)N(CCc1ccccc1)CCS(=O)(=O)N1CCNCC1. The fourth-order valence-electron chi connectivity index (χ4n) is 3.28. The van der Waals surface area contributed by atoms with Crippen molar-refractivity contribution in [2.75, 3.05) is 45.0 Å². The minimum atomic E-state index is -5.08. The molecule has 1 aliphatic heterocycles. The lowest BCUT2D eigenvalue weighted by atomic mass is 10.1. The molecular formula is C23H27F4N3O5S. The molecular weight excluding hydrogens is 506 g/mol. The number of nitrogens with zero attached hydrogens (tertiary/aromatic N) is 2. The van der Waals surface area contributed by atoms with Gasteiger partial charge in [0, 0.05) is 44.8 Å². The zero-order chi connectivity index (χ0) is 26.8. The van der Waals surface area contributed by atoms with Crippen molar-refractivity contribution in [2.24, 2.45) is 0 Å². The Morgan fingerprint density at radius 2 is 1.53 bits per heavy atom. The van der Waals surface area contributed by atoms with E-state index >= 15 is 0 Å². The fraction of sp³-hybridized carbons (Fsp3) is 0.391. The standard InChI is InChI=1S/C21H26FN3O3S.C2HF3O2/c22-20-8-6-19(7-9-20)21(26)24(13-10-18-4-2-1-3-5-18)16-17-29(27,28)25-14-11-23-12-15-25;3-2(4,5)1(6)7/h1-9,23H,10-17H2;(H,6,7). The van der Waals surface area contributed by atoms with Gasteiger partial charge in [0.2, 0.25) is 10.0 Å². The van der Waals surface area contributed by atoms with E-state index < -0.39 is 28.0 Å². The second kappa shape index (κ2) is 13.3. The highest BCUT2D eigenvalue weighted by Crippen LogP contribution is 2.13. The van der Waals surface area contributed by atoms with E-state index in [4.69, 9.17) is 9.90 Å². The lowest BCUT2D eigenvalue weighted by molar-refractivity contribution is -0.192. The minimum absolute atomic E-state index is 0.0926. The average molecular weight is 534 g/mol. The molecule has 2 aromatic rings. The van der Waals surface area contributed by atoms with Crippen molar-refractivity contribution in [3.8, 4) is 0 Å². The summed E-state index contributed by atoms with van der Waals surface area (Å²) < 4.78 is 71.8. The molecule has 1 aliphatic rings. The summed E-state index contributed by atoms with van der Waals surface area (Å²) >= 11 is 0. The van der Waals surface area contributed by atoms with Crippen LogP contribution in [0.1, 0.15) is 15.9 Å². The van der Waals surface area contributed by atoms with Crippen LogP contribution in [0.15, 0.2) is 54.6 Å². The molecule has 0 saturated carbocycles. The quantitative estimate of drug-likeness (QED) is 0.505. The third-order valence-electron chi connectivity index (χ3n) is 5.22. The molecule has 0 aromatic heterocycles. The minimum Gasteiger partial charge on any atom is -0.475 e. The molecule has 2 aromatic carbocycles. The van der Waals surface area contributed by atoms with Gasteiger partial charge in [0.05, 0.1) is 5.75 Å². The summed E-state index contributed by atoms with van der Waals surface area (Å²) in [4.78, 5) is 23.4. The molecule has 13 heteroatoms. The molecule has 1 amide bonds. The number of sulfonamides is 1. The van der Waals surface area contributed by atoms with Crippen molar-refractivity contribution in [3.63, 3.8) is 0 Å². The van der Waals surface area contributed by atoms with Crippen LogP contribution in [0.25, 0.3) is 0 Å². The van der Waals surface area contributed by atoms with Gasteiger partial charge in [-0.2, -0.15) is 17.5 Å². The third kappa shape index (κ3) is 9.55. The second-order valence-electron chi connectivity index (χ2n) is 7.80. The third-order valence-corrected chi connectivity index (χ3v) is 7.07. The normalized spacial score (nSPS) is 14.4. The molecule has 0 bridgehead atoms. The van der Waals surface area contributed by atoms with E-state index in [9.17, 15) is 30.8 Å². The van der Waals surface area contributed by atoms with Crippen LogP contribution in [0.3, 0.4) is 0 Å². The van der Waals surface area contributed by atoms with Crippen LogP contribution < -0.4 is 5.32 Å². The first kappa shape index (κ1) is 29.2. The van der Waals surface area contributed by atoms with Crippen LogP contribution in [0.4, 0.5) is 17.6 Å². The van der Waals surface area contributed by atoms with E-state index in [1.54, 1.807) is 4.90 Å². The maximum atomic E-state index is 13.2. The van der Waals surface area contributed by atoms with Crippen molar-refractivity contribution in [3.05, 3.63) is 71.5 Å². The van der Waals surface area contributed by atoms with Crippen molar-refractivity contribution in [1.82, 2.24) is 14.5 Å². The molecule has 0 unspecified atom stereocenters. The Morgan fingerprint density at radius 3 is 2.06 bits per heavy atom. The largest absolute Gasteiger partial charge is 0.490 e. The van der Waals surface area contributed by atoms with Gasteiger partial charge in [-0.3, -0.25) is 4.79 Å². The lowest BCUT2D eigenvalue weighted by Gasteiger charge is -2.28. The van der Waals surface area contributed by atoms with Gasteiger partial charge in [-0.25, -0.2) is 17.6 Å². The van der Waals surface area contributed by atoms with Crippen LogP contribution in [-0.4, -0.2) is 85.8 Å². The van der Waals surface area contributed by atoms with E-state index in [2.05, 4.69) is 5.32 Å². The lowest BCUT2D eigenvalue weighted by Crippen LogP contribution is -2.48. The molecule has 1 fully saturated rings. The summed E-state index contributed by atoms with van der Waals surface area (Å²) in [6.07, 6.45) is -4.47. The van der Waals surface area contributed by atoms with Crippen LogP contribution in [0.2, 0.25) is 0 Å². The summed E-state index contributed by atoms with van der Waals surface area (Å²) in [5, 5.41) is 10.3. The Morgan fingerprint density at radius 1 is 0.972 bits per heavy atom. The first-order valence-corrected chi connectivity index (χ1v) is 12.6. The smallest absolute Gasteiger partial charge is 0.475 e. The maximum Gasteiger partial charge on any atom is 0.490 e. The Kier molecular flexibility index (Phi) is 10.8. The number of rotatable bonds is 8. The molecule has 0 radical (unpaired) electrons. The number of carbonyl (C=O) groups is 2. The zero-order valence-corrected chi connectivity index (χ0v) is 20.1. The molecule has 8 nitrogen and oxygen atoms in total. The number of hydrogen-bond donors (Lipinski definition) is 2.